The van der Waals surface area contributed by atoms with Crippen LogP contribution >= 0.6 is 23.2 Å². The quantitative estimate of drug-likeness (QED) is 0.831. The zero-order chi connectivity index (χ0) is 14.4. The minimum atomic E-state index is -0.797. The van der Waals surface area contributed by atoms with Crippen LogP contribution in [0.2, 0.25) is 10.0 Å². The number of hydrogen-bond donors (Lipinski definition) is 2. The average Bonchev–Trinajstić information content (AvgIpc) is 2.33. The van der Waals surface area contributed by atoms with Gasteiger partial charge in [-0.05, 0) is 26.2 Å². The molecule has 0 fully saturated rings. The highest BCUT2D eigenvalue weighted by Gasteiger charge is 2.16. The number of rotatable bonds is 4. The van der Waals surface area contributed by atoms with E-state index in [1.807, 2.05) is 19.0 Å². The van der Waals surface area contributed by atoms with Crippen molar-refractivity contribution in [3.05, 3.63) is 28.2 Å². The van der Waals surface area contributed by atoms with Crippen LogP contribution in [0.3, 0.4) is 0 Å². The molecule has 19 heavy (non-hydrogen) atoms. The standard InChI is InChI=1S/C12H15Cl2N3O2/c1-17(2)7-6-15-11(18)12(19)16-10-8(13)4-3-5-9(10)14/h3-5H,6-7H2,1-2H3,(H,15,18)(H,16,19). The Morgan fingerprint density at radius 3 is 2.26 bits per heavy atom. The van der Waals surface area contributed by atoms with E-state index >= 15 is 0 Å². The second-order valence-corrected chi connectivity index (χ2v) is 4.92. The summed E-state index contributed by atoms with van der Waals surface area (Å²) in [7, 11) is 3.74. The van der Waals surface area contributed by atoms with Gasteiger partial charge < -0.3 is 15.5 Å². The molecule has 0 spiro atoms. The summed E-state index contributed by atoms with van der Waals surface area (Å²) in [5.74, 6) is -1.52. The lowest BCUT2D eigenvalue weighted by atomic mass is 10.3. The Hall–Kier alpha value is -1.30. The number of nitrogens with one attached hydrogen (secondary N) is 2. The van der Waals surface area contributed by atoms with E-state index in [1.165, 1.54) is 0 Å². The first kappa shape index (κ1) is 15.8. The maximum absolute atomic E-state index is 11.6. The average molecular weight is 304 g/mol. The van der Waals surface area contributed by atoms with E-state index < -0.39 is 11.8 Å². The van der Waals surface area contributed by atoms with Crippen LogP contribution in [0.1, 0.15) is 0 Å². The number of para-hydroxylation sites is 1. The van der Waals surface area contributed by atoms with Gasteiger partial charge in [0.05, 0.1) is 15.7 Å². The van der Waals surface area contributed by atoms with Crippen molar-refractivity contribution >= 4 is 40.7 Å². The van der Waals surface area contributed by atoms with E-state index in [1.54, 1.807) is 18.2 Å². The molecule has 5 nitrogen and oxygen atoms in total. The zero-order valence-electron chi connectivity index (χ0n) is 10.7. The molecule has 0 aliphatic carbocycles. The highest BCUT2D eigenvalue weighted by molar-refractivity contribution is 6.44. The van der Waals surface area contributed by atoms with Crippen molar-refractivity contribution in [2.75, 3.05) is 32.5 Å². The Morgan fingerprint density at radius 2 is 1.74 bits per heavy atom. The first-order valence-electron chi connectivity index (χ1n) is 5.59. The van der Waals surface area contributed by atoms with Crippen molar-refractivity contribution in [3.8, 4) is 0 Å². The van der Waals surface area contributed by atoms with Gasteiger partial charge in [-0.15, -0.1) is 0 Å². The van der Waals surface area contributed by atoms with Crippen LogP contribution in [-0.4, -0.2) is 43.9 Å². The number of carbonyl (C=O) groups is 2. The molecule has 2 amide bonds. The number of anilines is 1. The third-order valence-electron chi connectivity index (χ3n) is 2.25. The molecule has 2 N–H and O–H groups in total. The number of likely N-dealkylation sites (N-methyl/N-ethyl adjacent to an activating group) is 1. The van der Waals surface area contributed by atoms with Gasteiger partial charge in [-0.3, -0.25) is 9.59 Å². The van der Waals surface area contributed by atoms with Crippen LogP contribution in [0.4, 0.5) is 5.69 Å². The topological polar surface area (TPSA) is 61.4 Å². The normalized spacial score (nSPS) is 10.4. The number of hydrogen-bond acceptors (Lipinski definition) is 3. The van der Waals surface area contributed by atoms with Crippen LogP contribution in [0.5, 0.6) is 0 Å². The van der Waals surface area contributed by atoms with Crippen molar-refractivity contribution in [1.82, 2.24) is 10.2 Å². The molecular weight excluding hydrogens is 289 g/mol. The molecule has 1 aromatic rings. The monoisotopic (exact) mass is 303 g/mol. The van der Waals surface area contributed by atoms with E-state index in [4.69, 9.17) is 23.2 Å². The zero-order valence-corrected chi connectivity index (χ0v) is 12.2. The summed E-state index contributed by atoms with van der Waals surface area (Å²) >= 11 is 11.8. The molecule has 0 aliphatic heterocycles. The Balaban J connectivity index is 2.57. The van der Waals surface area contributed by atoms with E-state index in [0.717, 1.165) is 0 Å². The van der Waals surface area contributed by atoms with Gasteiger partial charge in [0.1, 0.15) is 0 Å². The molecule has 0 aliphatic rings. The minimum absolute atomic E-state index is 0.235. The van der Waals surface area contributed by atoms with Crippen LogP contribution in [0.15, 0.2) is 18.2 Å². The fraction of sp³-hybridized carbons (Fsp3) is 0.333. The smallest absolute Gasteiger partial charge is 0.313 e. The third kappa shape index (κ3) is 5.06. The van der Waals surface area contributed by atoms with Crippen LogP contribution < -0.4 is 10.6 Å². The lowest BCUT2D eigenvalue weighted by molar-refractivity contribution is -0.136. The molecule has 0 bridgehead atoms. The molecule has 0 atom stereocenters. The van der Waals surface area contributed by atoms with Crippen molar-refractivity contribution in [2.45, 2.75) is 0 Å². The Bertz CT molecular complexity index is 458. The molecule has 1 rings (SSSR count). The van der Waals surface area contributed by atoms with Gasteiger partial charge in [-0.1, -0.05) is 29.3 Å². The second-order valence-electron chi connectivity index (χ2n) is 4.11. The van der Waals surface area contributed by atoms with Gasteiger partial charge in [0.15, 0.2) is 0 Å². The third-order valence-corrected chi connectivity index (χ3v) is 2.88. The number of halogens is 2. The Kier molecular flexibility index (Phi) is 6.08. The van der Waals surface area contributed by atoms with E-state index in [2.05, 4.69) is 10.6 Å². The lowest BCUT2D eigenvalue weighted by Crippen LogP contribution is -2.38. The number of carbonyl (C=O) groups excluding carboxylic acids is 2. The van der Waals surface area contributed by atoms with Crippen LogP contribution in [0.25, 0.3) is 0 Å². The molecule has 104 valence electrons. The fourth-order valence-corrected chi connectivity index (χ4v) is 1.75. The van der Waals surface area contributed by atoms with E-state index in [9.17, 15) is 9.59 Å². The van der Waals surface area contributed by atoms with Gasteiger partial charge >= 0.3 is 11.8 Å². The molecule has 0 saturated carbocycles. The molecule has 0 radical (unpaired) electrons. The minimum Gasteiger partial charge on any atom is -0.347 e. The van der Waals surface area contributed by atoms with Gasteiger partial charge in [0.25, 0.3) is 0 Å². The highest BCUT2D eigenvalue weighted by Crippen LogP contribution is 2.29. The van der Waals surface area contributed by atoms with Crippen molar-refractivity contribution in [2.24, 2.45) is 0 Å². The molecule has 7 heteroatoms. The molecule has 0 saturated heterocycles. The van der Waals surface area contributed by atoms with Gasteiger partial charge in [-0.25, -0.2) is 0 Å². The predicted molar refractivity (Wildman–Crippen MR) is 76.7 cm³/mol. The molecule has 0 unspecified atom stereocenters. The SMILES string of the molecule is CN(C)CCNC(=O)C(=O)Nc1c(Cl)cccc1Cl. The molecular formula is C12H15Cl2N3O2. The molecule has 0 aromatic heterocycles. The summed E-state index contributed by atoms with van der Waals surface area (Å²) in [5.41, 5.74) is 0.235. The molecule has 1 aromatic carbocycles. The maximum Gasteiger partial charge on any atom is 0.313 e. The van der Waals surface area contributed by atoms with Crippen molar-refractivity contribution < 1.29 is 9.59 Å². The lowest BCUT2D eigenvalue weighted by Gasteiger charge is -2.11. The Labute approximate surface area is 121 Å². The first-order chi connectivity index (χ1) is 8.91. The van der Waals surface area contributed by atoms with E-state index in [0.29, 0.717) is 13.1 Å². The summed E-state index contributed by atoms with van der Waals surface area (Å²) < 4.78 is 0. The highest BCUT2D eigenvalue weighted by atomic mass is 35.5. The first-order valence-corrected chi connectivity index (χ1v) is 6.35. The maximum atomic E-state index is 11.6. The summed E-state index contributed by atoms with van der Waals surface area (Å²) in [6.45, 7) is 1.03. The van der Waals surface area contributed by atoms with Gasteiger partial charge in [-0.2, -0.15) is 0 Å². The summed E-state index contributed by atoms with van der Waals surface area (Å²) in [6, 6.07) is 4.80. The van der Waals surface area contributed by atoms with Gasteiger partial charge in [0, 0.05) is 13.1 Å². The van der Waals surface area contributed by atoms with Crippen molar-refractivity contribution in [3.63, 3.8) is 0 Å². The molecule has 0 heterocycles. The predicted octanol–water partition coefficient (Wildman–Crippen LogP) is 1.61. The summed E-state index contributed by atoms with van der Waals surface area (Å²) in [4.78, 5) is 25.1. The largest absolute Gasteiger partial charge is 0.347 e. The number of benzene rings is 1. The van der Waals surface area contributed by atoms with Crippen molar-refractivity contribution in [1.29, 1.82) is 0 Å². The fourth-order valence-electron chi connectivity index (χ4n) is 1.26. The number of amides is 2. The summed E-state index contributed by atoms with van der Waals surface area (Å²) in [6.07, 6.45) is 0. The second kappa shape index (κ2) is 7.33. The Morgan fingerprint density at radius 1 is 1.16 bits per heavy atom. The summed E-state index contributed by atoms with van der Waals surface area (Å²) in [5, 5.41) is 5.44. The van der Waals surface area contributed by atoms with Crippen LogP contribution in [0, 0.1) is 0 Å². The number of nitrogens with zero attached hydrogens (tertiary/aromatic N) is 1. The van der Waals surface area contributed by atoms with E-state index in [-0.39, 0.29) is 15.7 Å². The van der Waals surface area contributed by atoms with Crippen LogP contribution in [-0.2, 0) is 9.59 Å². The van der Waals surface area contributed by atoms with Gasteiger partial charge in [0.2, 0.25) is 0 Å².